The normalized spacial score (nSPS) is 16.9. The highest BCUT2D eigenvalue weighted by Gasteiger charge is 2.27. The molecule has 1 saturated heterocycles. The molecule has 1 aromatic carbocycles. The third kappa shape index (κ3) is 6.07. The summed E-state index contributed by atoms with van der Waals surface area (Å²) >= 11 is 0. The first-order chi connectivity index (χ1) is 15.0. The van der Waals surface area contributed by atoms with Gasteiger partial charge >= 0.3 is 0 Å². The molecule has 1 aliphatic rings. The van der Waals surface area contributed by atoms with Gasteiger partial charge in [0.2, 0.25) is 5.43 Å². The molecule has 0 bridgehead atoms. The van der Waals surface area contributed by atoms with E-state index in [2.05, 4.69) is 27.7 Å². The first kappa shape index (κ1) is 23.7. The molecule has 2 heterocycles. The summed E-state index contributed by atoms with van der Waals surface area (Å²) in [5.74, 6) is -0.900. The molecule has 0 saturated carbocycles. The minimum absolute atomic E-state index is 0.00164. The van der Waals surface area contributed by atoms with E-state index in [0.717, 1.165) is 26.1 Å². The smallest absolute Gasteiger partial charge is 0.257 e. The van der Waals surface area contributed by atoms with Crippen molar-refractivity contribution in [3.8, 4) is 0 Å². The molecule has 1 fully saturated rings. The molecule has 0 spiro atoms. The molecule has 7 heteroatoms. The molecule has 3 rings (SSSR count). The van der Waals surface area contributed by atoms with Gasteiger partial charge in [0.25, 0.3) is 11.8 Å². The predicted molar refractivity (Wildman–Crippen MR) is 126 cm³/mol. The maximum atomic E-state index is 13.0. The van der Waals surface area contributed by atoms with Crippen LogP contribution in [0.25, 0.3) is 0 Å². The van der Waals surface area contributed by atoms with Gasteiger partial charge in [-0.15, -0.1) is 0 Å². The zero-order valence-electron chi connectivity index (χ0n) is 19.6. The van der Waals surface area contributed by atoms with Crippen LogP contribution < -0.4 is 16.1 Å². The van der Waals surface area contributed by atoms with E-state index >= 15 is 0 Å². The third-order valence-electron chi connectivity index (χ3n) is 5.48. The summed E-state index contributed by atoms with van der Waals surface area (Å²) in [6.45, 7) is 11.9. The molecule has 0 aliphatic carbocycles. The molecular weight excluding hydrogens is 404 g/mol. The Hall–Kier alpha value is -2.93. The van der Waals surface area contributed by atoms with Crippen LogP contribution in [0.1, 0.15) is 73.4 Å². The summed E-state index contributed by atoms with van der Waals surface area (Å²) in [6.07, 6.45) is 3.90. The molecule has 0 unspecified atom stereocenters. The van der Waals surface area contributed by atoms with Gasteiger partial charge in [-0.3, -0.25) is 19.3 Å². The van der Waals surface area contributed by atoms with Gasteiger partial charge in [0.1, 0.15) is 11.1 Å². The second kappa shape index (κ2) is 9.69. The van der Waals surface area contributed by atoms with Crippen molar-refractivity contribution in [1.82, 2.24) is 20.1 Å². The molecule has 7 nitrogen and oxygen atoms in total. The zero-order chi connectivity index (χ0) is 23.5. The second-order valence-electron chi connectivity index (χ2n) is 9.84. The van der Waals surface area contributed by atoms with Gasteiger partial charge in [0, 0.05) is 49.7 Å². The van der Waals surface area contributed by atoms with Crippen molar-refractivity contribution in [3.05, 3.63) is 69.6 Å². The Labute approximate surface area is 189 Å². The fraction of sp³-hybridized carbons (Fsp3) is 0.480. The Morgan fingerprint density at radius 2 is 1.69 bits per heavy atom. The second-order valence-corrected chi connectivity index (χ2v) is 9.84. The number of pyridine rings is 1. The van der Waals surface area contributed by atoms with Gasteiger partial charge in [0.05, 0.1) is 0 Å². The Bertz CT molecular complexity index is 1020. The number of aromatic nitrogens is 1. The van der Waals surface area contributed by atoms with Gasteiger partial charge in [0.15, 0.2) is 0 Å². The van der Waals surface area contributed by atoms with Crippen molar-refractivity contribution < 1.29 is 9.59 Å². The van der Waals surface area contributed by atoms with Gasteiger partial charge in [-0.25, -0.2) is 0 Å². The summed E-state index contributed by atoms with van der Waals surface area (Å²) in [5.41, 5.74) is 0.188. The minimum Gasteiger partial charge on any atom is -0.350 e. The highest BCUT2D eigenvalue weighted by atomic mass is 16.2. The highest BCUT2D eigenvalue weighted by Crippen LogP contribution is 2.14. The van der Waals surface area contributed by atoms with Crippen LogP contribution >= 0.6 is 0 Å². The van der Waals surface area contributed by atoms with Crippen LogP contribution in [0, 0.1) is 0 Å². The first-order valence-electron chi connectivity index (χ1n) is 11.2. The van der Waals surface area contributed by atoms with Gasteiger partial charge in [-0.05, 0) is 46.6 Å². The van der Waals surface area contributed by atoms with Crippen LogP contribution in [0.15, 0.2) is 47.5 Å². The lowest BCUT2D eigenvalue weighted by molar-refractivity contribution is 0.0917. The van der Waals surface area contributed by atoms with E-state index in [4.69, 9.17) is 0 Å². The quantitative estimate of drug-likeness (QED) is 0.726. The van der Waals surface area contributed by atoms with Crippen molar-refractivity contribution >= 4 is 11.8 Å². The number of carbonyl (C=O) groups is 2. The van der Waals surface area contributed by atoms with Crippen LogP contribution in [0.4, 0.5) is 0 Å². The van der Waals surface area contributed by atoms with Crippen molar-refractivity contribution in [3.63, 3.8) is 0 Å². The van der Waals surface area contributed by atoms with Crippen LogP contribution in [-0.2, 0) is 6.54 Å². The fourth-order valence-corrected chi connectivity index (χ4v) is 3.83. The van der Waals surface area contributed by atoms with E-state index in [1.54, 1.807) is 10.8 Å². The summed E-state index contributed by atoms with van der Waals surface area (Å²) in [4.78, 5) is 41.1. The molecule has 1 aliphatic heterocycles. The standard InChI is InChI=1S/C25H34N4O3/c1-17(2)29-15-20(22(30)21(16-29)24(32)27-25(3,4)5)23(31)26-19-11-12-28(14-19)13-18-9-7-6-8-10-18/h6-10,15-17,19H,11-14H2,1-5H3,(H,26,31)(H,27,32)/t19-/m0/s1. The van der Waals surface area contributed by atoms with Crippen LogP contribution in [0.2, 0.25) is 0 Å². The topological polar surface area (TPSA) is 83.4 Å². The van der Waals surface area contributed by atoms with Crippen LogP contribution in [-0.4, -0.2) is 46.0 Å². The van der Waals surface area contributed by atoms with Crippen molar-refractivity contribution in [2.24, 2.45) is 0 Å². The summed E-state index contributed by atoms with van der Waals surface area (Å²) in [5, 5.41) is 5.83. The first-order valence-corrected chi connectivity index (χ1v) is 11.2. The van der Waals surface area contributed by atoms with E-state index in [9.17, 15) is 14.4 Å². The number of hydrogen-bond acceptors (Lipinski definition) is 4. The molecule has 2 amide bonds. The van der Waals surface area contributed by atoms with Crippen molar-refractivity contribution in [2.75, 3.05) is 13.1 Å². The Morgan fingerprint density at radius 3 is 2.28 bits per heavy atom. The average molecular weight is 439 g/mol. The molecular formula is C25H34N4O3. The Balaban J connectivity index is 1.76. The van der Waals surface area contributed by atoms with E-state index in [0.29, 0.717) is 0 Å². The van der Waals surface area contributed by atoms with E-state index in [-0.39, 0.29) is 23.2 Å². The van der Waals surface area contributed by atoms with Gasteiger partial charge in [-0.1, -0.05) is 30.3 Å². The minimum atomic E-state index is -0.541. The number of likely N-dealkylation sites (tertiary alicyclic amines) is 1. The molecule has 1 atom stereocenters. The van der Waals surface area contributed by atoms with E-state index in [1.165, 1.54) is 11.8 Å². The van der Waals surface area contributed by atoms with E-state index in [1.807, 2.05) is 52.8 Å². The van der Waals surface area contributed by atoms with Gasteiger partial charge in [-0.2, -0.15) is 0 Å². The molecule has 32 heavy (non-hydrogen) atoms. The molecule has 0 radical (unpaired) electrons. The Kier molecular flexibility index (Phi) is 7.19. The number of benzene rings is 1. The highest BCUT2D eigenvalue weighted by molar-refractivity contribution is 5.99. The van der Waals surface area contributed by atoms with Crippen molar-refractivity contribution in [1.29, 1.82) is 0 Å². The number of carbonyl (C=O) groups excluding carboxylic acids is 2. The Morgan fingerprint density at radius 1 is 1.06 bits per heavy atom. The average Bonchev–Trinajstić information content (AvgIpc) is 3.13. The fourth-order valence-electron chi connectivity index (χ4n) is 3.83. The lowest BCUT2D eigenvalue weighted by Crippen LogP contribution is -2.44. The summed E-state index contributed by atoms with van der Waals surface area (Å²) < 4.78 is 1.74. The maximum absolute atomic E-state index is 13.0. The van der Waals surface area contributed by atoms with Crippen LogP contribution in [0.5, 0.6) is 0 Å². The molecule has 172 valence electrons. The molecule has 2 aromatic rings. The van der Waals surface area contributed by atoms with Gasteiger partial charge < -0.3 is 15.2 Å². The lowest BCUT2D eigenvalue weighted by Gasteiger charge is -2.22. The lowest BCUT2D eigenvalue weighted by atomic mass is 10.1. The largest absolute Gasteiger partial charge is 0.350 e. The number of nitrogens with one attached hydrogen (secondary N) is 2. The third-order valence-corrected chi connectivity index (χ3v) is 5.48. The summed E-state index contributed by atoms with van der Waals surface area (Å²) in [6, 6.07) is 10.2. The summed E-state index contributed by atoms with van der Waals surface area (Å²) in [7, 11) is 0. The van der Waals surface area contributed by atoms with Crippen molar-refractivity contribution in [2.45, 2.75) is 65.2 Å². The van der Waals surface area contributed by atoms with Crippen LogP contribution in [0.3, 0.4) is 0 Å². The monoisotopic (exact) mass is 438 g/mol. The molecule has 1 aromatic heterocycles. The maximum Gasteiger partial charge on any atom is 0.257 e. The SMILES string of the molecule is CC(C)n1cc(C(=O)N[C@H]2CCN(Cc3ccccc3)C2)c(=O)c(C(=O)NC(C)(C)C)c1. The molecule has 2 N–H and O–H groups in total. The number of nitrogens with zero attached hydrogens (tertiary/aromatic N) is 2. The number of rotatable bonds is 6. The predicted octanol–water partition coefficient (Wildman–Crippen LogP) is 2.96. The number of hydrogen-bond donors (Lipinski definition) is 2. The number of amides is 2. The zero-order valence-corrected chi connectivity index (χ0v) is 19.6. The van der Waals surface area contributed by atoms with E-state index < -0.39 is 22.8 Å².